The molecule has 0 aliphatic carbocycles. The molecule has 2 aromatic rings. The number of anilines is 1. The average Bonchev–Trinajstić information content (AvgIpc) is 2.84. The molecule has 0 spiro atoms. The van der Waals surface area contributed by atoms with E-state index in [1.54, 1.807) is 12.1 Å². The Kier molecular flexibility index (Phi) is 4.52. The van der Waals surface area contributed by atoms with Gasteiger partial charge in [0.15, 0.2) is 0 Å². The molecule has 0 fully saturated rings. The number of aryl methyl sites for hydroxylation is 1. The molecule has 1 unspecified atom stereocenters. The van der Waals surface area contributed by atoms with Gasteiger partial charge in [-0.15, -0.1) is 0 Å². The molecule has 0 bridgehead atoms. The fraction of sp³-hybridized carbons (Fsp3) is 0.357. The Morgan fingerprint density at radius 3 is 2.52 bits per heavy atom. The lowest BCUT2D eigenvalue weighted by Crippen LogP contribution is -2.16. The van der Waals surface area contributed by atoms with Crippen LogP contribution in [0.3, 0.4) is 0 Å². The zero-order valence-electron chi connectivity index (χ0n) is 11.6. The van der Waals surface area contributed by atoms with Gasteiger partial charge in [0.25, 0.3) is 0 Å². The van der Waals surface area contributed by atoms with E-state index in [1.165, 1.54) is 13.2 Å². The third-order valence-corrected chi connectivity index (χ3v) is 2.85. The van der Waals surface area contributed by atoms with Crippen LogP contribution in [0.25, 0.3) is 0 Å². The van der Waals surface area contributed by atoms with Crippen molar-refractivity contribution in [2.45, 2.75) is 19.1 Å². The van der Waals surface area contributed by atoms with Crippen LogP contribution in [0.5, 0.6) is 0 Å². The predicted molar refractivity (Wildman–Crippen MR) is 70.9 cm³/mol. The first-order chi connectivity index (χ1) is 9.90. The van der Waals surface area contributed by atoms with Crippen LogP contribution in [0.4, 0.5) is 19.0 Å². The minimum absolute atomic E-state index is 0.301. The zero-order valence-corrected chi connectivity index (χ0v) is 11.6. The predicted octanol–water partition coefficient (Wildman–Crippen LogP) is 3.80. The van der Waals surface area contributed by atoms with Crippen molar-refractivity contribution in [3.63, 3.8) is 0 Å². The summed E-state index contributed by atoms with van der Waals surface area (Å²) in [6.07, 6.45) is -3.60. The molecule has 0 amide bonds. The first kappa shape index (κ1) is 15.4. The molecule has 1 N–H and O–H groups in total. The van der Waals surface area contributed by atoms with Gasteiger partial charge in [0.1, 0.15) is 23.4 Å². The normalized spacial score (nSPS) is 13.2. The number of furan rings is 1. The van der Waals surface area contributed by atoms with Crippen molar-refractivity contribution in [2.75, 3.05) is 19.0 Å². The summed E-state index contributed by atoms with van der Waals surface area (Å²) in [5.74, 6) is 1.70. The average molecular weight is 300 g/mol. The van der Waals surface area contributed by atoms with E-state index in [0.29, 0.717) is 18.2 Å². The molecule has 0 saturated carbocycles. The maximum Gasteiger partial charge on any atom is 0.417 e. The van der Waals surface area contributed by atoms with Gasteiger partial charge in [-0.05, 0) is 31.2 Å². The van der Waals surface area contributed by atoms with Gasteiger partial charge in [-0.2, -0.15) is 13.2 Å². The first-order valence-electron chi connectivity index (χ1n) is 6.25. The lowest BCUT2D eigenvalue weighted by atomic mass is 10.2. The van der Waals surface area contributed by atoms with E-state index in [0.717, 1.165) is 18.0 Å². The highest BCUT2D eigenvalue weighted by Gasteiger charge is 2.30. The topological polar surface area (TPSA) is 47.3 Å². The molecule has 21 heavy (non-hydrogen) atoms. The van der Waals surface area contributed by atoms with Crippen molar-refractivity contribution >= 4 is 5.82 Å². The summed E-state index contributed by atoms with van der Waals surface area (Å²) in [7, 11) is 1.53. The highest BCUT2D eigenvalue weighted by Crippen LogP contribution is 2.29. The van der Waals surface area contributed by atoms with Crippen LogP contribution in [-0.2, 0) is 10.9 Å². The van der Waals surface area contributed by atoms with E-state index in [9.17, 15) is 13.2 Å². The van der Waals surface area contributed by atoms with E-state index < -0.39 is 11.7 Å². The van der Waals surface area contributed by atoms with Gasteiger partial charge >= 0.3 is 6.18 Å². The van der Waals surface area contributed by atoms with Crippen LogP contribution >= 0.6 is 0 Å². The Labute approximate surface area is 119 Å². The van der Waals surface area contributed by atoms with E-state index in [1.807, 2.05) is 6.92 Å². The lowest BCUT2D eigenvalue weighted by molar-refractivity contribution is -0.137. The number of pyridine rings is 1. The van der Waals surface area contributed by atoms with Gasteiger partial charge in [-0.25, -0.2) is 4.98 Å². The second-order valence-electron chi connectivity index (χ2n) is 4.53. The van der Waals surface area contributed by atoms with Crippen molar-refractivity contribution in [2.24, 2.45) is 0 Å². The van der Waals surface area contributed by atoms with Crippen molar-refractivity contribution in [1.82, 2.24) is 4.98 Å². The molecular formula is C14H15F3N2O2. The number of nitrogens with zero attached hydrogens (tertiary/aromatic N) is 1. The number of methoxy groups -OCH3 is 1. The Balaban J connectivity index is 2.14. The lowest BCUT2D eigenvalue weighted by Gasteiger charge is -2.16. The highest BCUT2D eigenvalue weighted by molar-refractivity contribution is 5.38. The van der Waals surface area contributed by atoms with Crippen molar-refractivity contribution in [3.05, 3.63) is 47.5 Å². The third-order valence-electron chi connectivity index (χ3n) is 2.85. The molecule has 2 aromatic heterocycles. The van der Waals surface area contributed by atoms with Gasteiger partial charge < -0.3 is 14.5 Å². The molecule has 0 aromatic carbocycles. The quantitative estimate of drug-likeness (QED) is 0.912. The minimum atomic E-state index is -4.39. The maximum atomic E-state index is 12.5. The summed E-state index contributed by atoms with van der Waals surface area (Å²) in [6, 6.07) is 5.53. The number of hydrogen-bond donors (Lipinski definition) is 1. The van der Waals surface area contributed by atoms with Gasteiger partial charge in [0.2, 0.25) is 0 Å². The number of ether oxygens (including phenoxy) is 1. The van der Waals surface area contributed by atoms with Crippen LogP contribution in [0.15, 0.2) is 34.9 Å². The van der Waals surface area contributed by atoms with Crippen LogP contribution in [0.2, 0.25) is 0 Å². The molecular weight excluding hydrogens is 285 g/mol. The molecule has 0 saturated heterocycles. The van der Waals surface area contributed by atoms with E-state index in [4.69, 9.17) is 9.15 Å². The summed E-state index contributed by atoms with van der Waals surface area (Å²) in [4.78, 5) is 3.77. The zero-order chi connectivity index (χ0) is 15.5. The summed E-state index contributed by atoms with van der Waals surface area (Å²) >= 11 is 0. The number of hydrogen-bond acceptors (Lipinski definition) is 4. The summed E-state index contributed by atoms with van der Waals surface area (Å²) in [5.41, 5.74) is -0.787. The van der Waals surface area contributed by atoms with Gasteiger partial charge in [-0.1, -0.05) is 0 Å². The third kappa shape index (κ3) is 3.98. The molecule has 114 valence electrons. The first-order valence-corrected chi connectivity index (χ1v) is 6.25. The summed E-state index contributed by atoms with van der Waals surface area (Å²) in [6.45, 7) is 2.11. The molecule has 0 aliphatic heterocycles. The fourth-order valence-electron chi connectivity index (χ4n) is 1.83. The van der Waals surface area contributed by atoms with Gasteiger partial charge in [0.05, 0.1) is 12.2 Å². The van der Waals surface area contributed by atoms with Crippen LogP contribution in [-0.4, -0.2) is 18.7 Å². The molecule has 4 nitrogen and oxygen atoms in total. The number of alkyl halides is 3. The number of rotatable bonds is 5. The minimum Gasteiger partial charge on any atom is -0.464 e. The van der Waals surface area contributed by atoms with Crippen LogP contribution in [0.1, 0.15) is 23.1 Å². The smallest absolute Gasteiger partial charge is 0.417 e. The number of nitrogens with one attached hydrogen (secondary N) is 1. The highest BCUT2D eigenvalue weighted by atomic mass is 19.4. The second kappa shape index (κ2) is 6.17. The van der Waals surface area contributed by atoms with E-state index in [2.05, 4.69) is 10.3 Å². The van der Waals surface area contributed by atoms with Crippen molar-refractivity contribution < 1.29 is 22.3 Å². The summed E-state index contributed by atoms with van der Waals surface area (Å²) in [5, 5.41) is 2.99. The van der Waals surface area contributed by atoms with Crippen molar-refractivity contribution in [3.8, 4) is 0 Å². The largest absolute Gasteiger partial charge is 0.464 e. The molecule has 0 aliphatic rings. The Morgan fingerprint density at radius 2 is 2.05 bits per heavy atom. The Bertz CT molecular complexity index is 579. The molecule has 0 radical (unpaired) electrons. The SMILES string of the molecule is COCC(Nc1ccc(C(F)(F)F)cn1)c1ccc(C)o1. The summed E-state index contributed by atoms with van der Waals surface area (Å²) < 4.78 is 48.0. The van der Waals surface area contributed by atoms with Gasteiger partial charge in [-0.3, -0.25) is 0 Å². The molecule has 1 atom stereocenters. The number of aromatic nitrogens is 1. The Hall–Kier alpha value is -2.02. The standard InChI is InChI=1S/C14H15F3N2O2/c1-9-3-5-12(21-9)11(8-20-2)19-13-6-4-10(7-18-13)14(15,16)17/h3-7,11H,8H2,1-2H3,(H,18,19). The molecule has 7 heteroatoms. The number of halogens is 3. The van der Waals surface area contributed by atoms with Crippen molar-refractivity contribution in [1.29, 1.82) is 0 Å². The van der Waals surface area contributed by atoms with E-state index in [-0.39, 0.29) is 6.04 Å². The Morgan fingerprint density at radius 1 is 1.29 bits per heavy atom. The van der Waals surface area contributed by atoms with Crippen LogP contribution < -0.4 is 5.32 Å². The molecule has 2 rings (SSSR count). The molecule has 2 heterocycles. The maximum absolute atomic E-state index is 12.5. The fourth-order valence-corrected chi connectivity index (χ4v) is 1.83. The second-order valence-corrected chi connectivity index (χ2v) is 4.53. The monoisotopic (exact) mass is 300 g/mol. The van der Waals surface area contributed by atoms with Crippen LogP contribution in [0, 0.1) is 6.92 Å². The van der Waals surface area contributed by atoms with Gasteiger partial charge in [0, 0.05) is 13.3 Å². The van der Waals surface area contributed by atoms with E-state index >= 15 is 0 Å².